The summed E-state index contributed by atoms with van der Waals surface area (Å²) in [6.07, 6.45) is 0.00975. The smallest absolute Gasteiger partial charge is 0.326 e. The highest BCUT2D eigenvalue weighted by atomic mass is 35.5. The average molecular weight is 327 g/mol. The molecule has 7 heteroatoms. The van der Waals surface area contributed by atoms with Gasteiger partial charge in [0.15, 0.2) is 0 Å². The zero-order valence-electron chi connectivity index (χ0n) is 12.4. The summed E-state index contributed by atoms with van der Waals surface area (Å²) >= 11 is 5.73. The fraction of sp³-hybridized carbons (Fsp3) is 0.400. The molecule has 0 saturated heterocycles. The van der Waals surface area contributed by atoms with Crippen LogP contribution in [0.25, 0.3) is 0 Å². The molecule has 120 valence electrons. The fourth-order valence-corrected chi connectivity index (χ4v) is 1.88. The number of benzene rings is 1. The quantitative estimate of drug-likeness (QED) is 0.710. The van der Waals surface area contributed by atoms with Gasteiger partial charge in [0, 0.05) is 23.6 Å². The first-order valence-electron chi connectivity index (χ1n) is 6.87. The number of hydrogen-bond acceptors (Lipinski definition) is 3. The minimum absolute atomic E-state index is 0.00975. The SMILES string of the molecule is CC(C)[C@@H](NC(=O)CCNC(=O)c1ccc(Cl)cc1)C(=O)O. The summed E-state index contributed by atoms with van der Waals surface area (Å²) in [5, 5.41) is 14.5. The molecule has 3 N–H and O–H groups in total. The van der Waals surface area contributed by atoms with E-state index in [1.54, 1.807) is 38.1 Å². The highest BCUT2D eigenvalue weighted by molar-refractivity contribution is 6.30. The van der Waals surface area contributed by atoms with Crippen molar-refractivity contribution in [3.8, 4) is 0 Å². The second kappa shape index (κ2) is 8.38. The lowest BCUT2D eigenvalue weighted by Crippen LogP contribution is -2.45. The summed E-state index contributed by atoms with van der Waals surface area (Å²) in [5.41, 5.74) is 0.440. The van der Waals surface area contributed by atoms with Gasteiger partial charge >= 0.3 is 5.97 Å². The second-order valence-electron chi connectivity index (χ2n) is 5.14. The molecule has 0 aliphatic carbocycles. The van der Waals surface area contributed by atoms with E-state index in [1.165, 1.54) is 0 Å². The number of aliphatic carboxylic acids is 1. The summed E-state index contributed by atoms with van der Waals surface area (Å²) in [7, 11) is 0. The van der Waals surface area contributed by atoms with Crippen LogP contribution in [0.1, 0.15) is 30.6 Å². The summed E-state index contributed by atoms with van der Waals surface area (Å²) in [4.78, 5) is 34.5. The normalized spacial score (nSPS) is 11.8. The van der Waals surface area contributed by atoms with Crippen molar-refractivity contribution < 1.29 is 19.5 Å². The van der Waals surface area contributed by atoms with Crippen molar-refractivity contribution >= 4 is 29.4 Å². The van der Waals surface area contributed by atoms with E-state index in [0.29, 0.717) is 10.6 Å². The Labute approximate surface area is 133 Å². The van der Waals surface area contributed by atoms with E-state index in [-0.39, 0.29) is 24.8 Å². The van der Waals surface area contributed by atoms with Gasteiger partial charge in [-0.2, -0.15) is 0 Å². The molecule has 0 spiro atoms. The molecular weight excluding hydrogens is 308 g/mol. The zero-order chi connectivity index (χ0) is 16.7. The first kappa shape index (κ1) is 18.0. The highest BCUT2D eigenvalue weighted by Gasteiger charge is 2.23. The van der Waals surface area contributed by atoms with E-state index in [9.17, 15) is 14.4 Å². The molecule has 1 aromatic carbocycles. The monoisotopic (exact) mass is 326 g/mol. The van der Waals surface area contributed by atoms with Crippen LogP contribution in [0.4, 0.5) is 0 Å². The molecule has 2 amide bonds. The Bertz CT molecular complexity index is 543. The summed E-state index contributed by atoms with van der Waals surface area (Å²) in [6, 6.07) is 5.43. The van der Waals surface area contributed by atoms with Crippen LogP contribution in [0.15, 0.2) is 24.3 Å². The van der Waals surface area contributed by atoms with E-state index in [4.69, 9.17) is 16.7 Å². The number of hydrogen-bond donors (Lipinski definition) is 3. The summed E-state index contributed by atoms with van der Waals surface area (Å²) < 4.78 is 0. The second-order valence-corrected chi connectivity index (χ2v) is 5.58. The zero-order valence-corrected chi connectivity index (χ0v) is 13.2. The molecule has 0 radical (unpaired) electrons. The van der Waals surface area contributed by atoms with Gasteiger partial charge in [-0.05, 0) is 30.2 Å². The number of carboxylic acid groups (broad SMARTS) is 1. The predicted octanol–water partition coefficient (Wildman–Crippen LogP) is 1.69. The number of carbonyl (C=O) groups excluding carboxylic acids is 2. The van der Waals surface area contributed by atoms with Gasteiger partial charge in [0.2, 0.25) is 5.91 Å². The molecule has 0 aliphatic rings. The van der Waals surface area contributed by atoms with Crippen molar-refractivity contribution in [2.24, 2.45) is 5.92 Å². The van der Waals surface area contributed by atoms with Gasteiger partial charge in [-0.15, -0.1) is 0 Å². The van der Waals surface area contributed by atoms with Crippen molar-refractivity contribution in [1.82, 2.24) is 10.6 Å². The molecule has 0 unspecified atom stereocenters. The number of nitrogens with one attached hydrogen (secondary N) is 2. The third-order valence-corrected chi connectivity index (χ3v) is 3.25. The maximum absolute atomic E-state index is 11.8. The van der Waals surface area contributed by atoms with E-state index in [0.717, 1.165) is 0 Å². The summed E-state index contributed by atoms with van der Waals surface area (Å²) in [6.45, 7) is 3.54. The first-order valence-corrected chi connectivity index (χ1v) is 7.25. The Balaban J connectivity index is 2.40. The number of carboxylic acids is 1. The lowest BCUT2D eigenvalue weighted by Gasteiger charge is -2.17. The number of rotatable bonds is 7. The van der Waals surface area contributed by atoms with Gasteiger partial charge < -0.3 is 15.7 Å². The minimum Gasteiger partial charge on any atom is -0.480 e. The Morgan fingerprint density at radius 2 is 1.77 bits per heavy atom. The molecule has 1 rings (SSSR count). The molecular formula is C15H19ClN2O4. The molecule has 0 aliphatic heterocycles. The lowest BCUT2D eigenvalue weighted by atomic mass is 10.0. The van der Waals surface area contributed by atoms with Gasteiger partial charge in [-0.3, -0.25) is 9.59 Å². The summed E-state index contributed by atoms with van der Waals surface area (Å²) in [5.74, 6) is -2.03. The van der Waals surface area contributed by atoms with Crippen molar-refractivity contribution in [3.63, 3.8) is 0 Å². The molecule has 1 aromatic rings. The molecule has 22 heavy (non-hydrogen) atoms. The highest BCUT2D eigenvalue weighted by Crippen LogP contribution is 2.09. The third kappa shape index (κ3) is 5.73. The number of carbonyl (C=O) groups is 3. The van der Waals surface area contributed by atoms with Gasteiger partial charge in [-0.1, -0.05) is 25.4 Å². The maximum atomic E-state index is 11.8. The Morgan fingerprint density at radius 1 is 1.18 bits per heavy atom. The number of amides is 2. The first-order chi connectivity index (χ1) is 10.3. The lowest BCUT2D eigenvalue weighted by molar-refractivity contribution is -0.143. The van der Waals surface area contributed by atoms with Crippen LogP contribution in [0.5, 0.6) is 0 Å². The number of halogens is 1. The van der Waals surface area contributed by atoms with E-state index in [2.05, 4.69) is 10.6 Å². The Hall–Kier alpha value is -2.08. The van der Waals surface area contributed by atoms with Crippen LogP contribution in [-0.2, 0) is 9.59 Å². The van der Waals surface area contributed by atoms with E-state index >= 15 is 0 Å². The largest absolute Gasteiger partial charge is 0.480 e. The van der Waals surface area contributed by atoms with E-state index < -0.39 is 17.9 Å². The molecule has 0 heterocycles. The van der Waals surface area contributed by atoms with Crippen molar-refractivity contribution in [2.75, 3.05) is 6.54 Å². The Morgan fingerprint density at radius 3 is 2.27 bits per heavy atom. The van der Waals surface area contributed by atoms with Crippen molar-refractivity contribution in [2.45, 2.75) is 26.3 Å². The van der Waals surface area contributed by atoms with Gasteiger partial charge in [0.05, 0.1) is 0 Å². The van der Waals surface area contributed by atoms with Crippen LogP contribution >= 0.6 is 11.6 Å². The molecule has 0 bridgehead atoms. The van der Waals surface area contributed by atoms with Crippen LogP contribution in [0, 0.1) is 5.92 Å². The molecule has 0 saturated carbocycles. The van der Waals surface area contributed by atoms with Crippen LogP contribution in [-0.4, -0.2) is 35.5 Å². The molecule has 0 fully saturated rings. The Kier molecular flexibility index (Phi) is 6.85. The molecule has 1 atom stereocenters. The standard InChI is InChI=1S/C15H19ClN2O4/c1-9(2)13(15(21)22)18-12(19)7-8-17-14(20)10-3-5-11(16)6-4-10/h3-6,9,13H,7-8H2,1-2H3,(H,17,20)(H,18,19)(H,21,22)/t13-/m1/s1. The van der Waals surface area contributed by atoms with Crippen LogP contribution < -0.4 is 10.6 Å². The predicted molar refractivity (Wildman–Crippen MR) is 82.8 cm³/mol. The van der Waals surface area contributed by atoms with Crippen LogP contribution in [0.2, 0.25) is 5.02 Å². The van der Waals surface area contributed by atoms with Crippen molar-refractivity contribution in [1.29, 1.82) is 0 Å². The third-order valence-electron chi connectivity index (χ3n) is 2.99. The average Bonchev–Trinajstić information content (AvgIpc) is 2.44. The van der Waals surface area contributed by atoms with Gasteiger partial charge in [-0.25, -0.2) is 4.79 Å². The van der Waals surface area contributed by atoms with Crippen molar-refractivity contribution in [3.05, 3.63) is 34.9 Å². The molecule has 0 aromatic heterocycles. The topological polar surface area (TPSA) is 95.5 Å². The van der Waals surface area contributed by atoms with Gasteiger partial charge in [0.1, 0.15) is 6.04 Å². The van der Waals surface area contributed by atoms with E-state index in [1.807, 2.05) is 0 Å². The minimum atomic E-state index is -1.08. The fourth-order valence-electron chi connectivity index (χ4n) is 1.75. The van der Waals surface area contributed by atoms with Crippen LogP contribution in [0.3, 0.4) is 0 Å². The molecule has 6 nitrogen and oxygen atoms in total. The van der Waals surface area contributed by atoms with Gasteiger partial charge in [0.25, 0.3) is 5.91 Å². The maximum Gasteiger partial charge on any atom is 0.326 e.